The number of thiocarbonyl (C=S) groups is 1. The Balaban J connectivity index is 1.62. The van der Waals surface area contributed by atoms with Crippen molar-refractivity contribution in [3.63, 3.8) is 0 Å². The predicted molar refractivity (Wildman–Crippen MR) is 104 cm³/mol. The molecule has 2 aromatic carbocycles. The van der Waals surface area contributed by atoms with E-state index in [4.69, 9.17) is 23.8 Å². The van der Waals surface area contributed by atoms with Crippen molar-refractivity contribution in [2.75, 3.05) is 10.6 Å². The largest absolute Gasteiger partial charge is 0.416 e. The van der Waals surface area contributed by atoms with Crippen molar-refractivity contribution in [2.24, 2.45) is 0 Å². The SMILES string of the molecule is FC(F)(F)c1cccc(NC(=S)Nc2ccn(Cc3ccccc3Cl)n2)c1. The number of nitrogens with zero attached hydrogens (tertiary/aromatic N) is 2. The number of rotatable bonds is 4. The van der Waals surface area contributed by atoms with Crippen LogP contribution in [0.25, 0.3) is 0 Å². The molecule has 140 valence electrons. The van der Waals surface area contributed by atoms with E-state index in [1.165, 1.54) is 12.1 Å². The van der Waals surface area contributed by atoms with E-state index in [1.54, 1.807) is 23.0 Å². The first kappa shape index (κ1) is 19.2. The lowest BCUT2D eigenvalue weighted by molar-refractivity contribution is -0.137. The van der Waals surface area contributed by atoms with Crippen LogP contribution in [0.4, 0.5) is 24.7 Å². The van der Waals surface area contributed by atoms with Crippen molar-refractivity contribution in [3.8, 4) is 0 Å². The van der Waals surface area contributed by atoms with E-state index in [2.05, 4.69) is 15.7 Å². The third-order valence-electron chi connectivity index (χ3n) is 3.62. The van der Waals surface area contributed by atoms with Crippen LogP contribution in [-0.4, -0.2) is 14.9 Å². The monoisotopic (exact) mass is 410 g/mol. The molecule has 9 heteroatoms. The molecule has 27 heavy (non-hydrogen) atoms. The van der Waals surface area contributed by atoms with Gasteiger partial charge >= 0.3 is 6.18 Å². The number of anilines is 2. The van der Waals surface area contributed by atoms with Gasteiger partial charge in [0, 0.05) is 23.0 Å². The van der Waals surface area contributed by atoms with E-state index >= 15 is 0 Å². The molecule has 0 atom stereocenters. The Bertz CT molecular complexity index is 956. The molecule has 0 fully saturated rings. The summed E-state index contributed by atoms with van der Waals surface area (Å²) >= 11 is 11.3. The van der Waals surface area contributed by atoms with Crippen LogP contribution in [0.15, 0.2) is 60.8 Å². The number of alkyl halides is 3. The summed E-state index contributed by atoms with van der Waals surface area (Å²) in [5.41, 5.74) is 0.399. The molecule has 0 aliphatic carbocycles. The topological polar surface area (TPSA) is 41.9 Å². The van der Waals surface area contributed by atoms with E-state index in [0.29, 0.717) is 17.4 Å². The predicted octanol–water partition coefficient (Wildman–Crippen LogP) is 5.41. The van der Waals surface area contributed by atoms with Gasteiger partial charge in [-0.25, -0.2) is 0 Å². The summed E-state index contributed by atoms with van der Waals surface area (Å²) in [4.78, 5) is 0. The first-order valence-electron chi connectivity index (χ1n) is 7.83. The van der Waals surface area contributed by atoms with Crippen LogP contribution in [0.1, 0.15) is 11.1 Å². The quantitative estimate of drug-likeness (QED) is 0.564. The molecule has 1 heterocycles. The molecule has 0 radical (unpaired) electrons. The Morgan fingerprint density at radius 3 is 2.59 bits per heavy atom. The van der Waals surface area contributed by atoms with Crippen LogP contribution in [0.2, 0.25) is 5.02 Å². The van der Waals surface area contributed by atoms with Crippen LogP contribution >= 0.6 is 23.8 Å². The van der Waals surface area contributed by atoms with E-state index < -0.39 is 11.7 Å². The number of hydrogen-bond acceptors (Lipinski definition) is 2. The maximum absolute atomic E-state index is 12.8. The van der Waals surface area contributed by atoms with Crippen LogP contribution in [-0.2, 0) is 12.7 Å². The lowest BCUT2D eigenvalue weighted by Gasteiger charge is -2.11. The second kappa shape index (κ2) is 7.98. The molecule has 3 rings (SSSR count). The van der Waals surface area contributed by atoms with E-state index in [0.717, 1.165) is 17.7 Å². The average molecular weight is 411 g/mol. The van der Waals surface area contributed by atoms with E-state index in [-0.39, 0.29) is 10.8 Å². The van der Waals surface area contributed by atoms with Crippen molar-refractivity contribution in [1.29, 1.82) is 0 Å². The average Bonchev–Trinajstić information content (AvgIpc) is 3.03. The highest BCUT2D eigenvalue weighted by atomic mass is 35.5. The molecule has 0 bridgehead atoms. The summed E-state index contributed by atoms with van der Waals surface area (Å²) in [6.45, 7) is 0.481. The van der Waals surface area contributed by atoms with Crippen molar-refractivity contribution >= 4 is 40.4 Å². The number of nitrogens with one attached hydrogen (secondary N) is 2. The highest BCUT2D eigenvalue weighted by Gasteiger charge is 2.30. The Hall–Kier alpha value is -2.58. The molecule has 4 nitrogen and oxygen atoms in total. The van der Waals surface area contributed by atoms with Gasteiger partial charge in [0.25, 0.3) is 0 Å². The molecule has 0 amide bonds. The van der Waals surface area contributed by atoms with Crippen molar-refractivity contribution < 1.29 is 13.2 Å². The zero-order valence-electron chi connectivity index (χ0n) is 13.8. The zero-order valence-corrected chi connectivity index (χ0v) is 15.4. The minimum Gasteiger partial charge on any atom is -0.332 e. The summed E-state index contributed by atoms with van der Waals surface area (Å²) in [6, 6.07) is 13.9. The fraction of sp³-hybridized carbons (Fsp3) is 0.111. The van der Waals surface area contributed by atoms with Gasteiger partial charge in [-0.3, -0.25) is 4.68 Å². The third-order valence-corrected chi connectivity index (χ3v) is 4.19. The molecule has 3 aromatic rings. The van der Waals surface area contributed by atoms with E-state index in [1.807, 2.05) is 18.2 Å². The van der Waals surface area contributed by atoms with Crippen LogP contribution < -0.4 is 10.6 Å². The Morgan fingerprint density at radius 1 is 1.07 bits per heavy atom. The molecule has 0 spiro atoms. The van der Waals surface area contributed by atoms with Crippen LogP contribution in [0, 0.1) is 0 Å². The molecular weight excluding hydrogens is 397 g/mol. The maximum atomic E-state index is 12.8. The Kier molecular flexibility index (Phi) is 5.67. The van der Waals surface area contributed by atoms with Crippen molar-refractivity contribution in [3.05, 3.63) is 76.9 Å². The Morgan fingerprint density at radius 2 is 1.85 bits per heavy atom. The molecule has 2 N–H and O–H groups in total. The third kappa shape index (κ3) is 5.21. The normalized spacial score (nSPS) is 11.3. The smallest absolute Gasteiger partial charge is 0.332 e. The van der Waals surface area contributed by atoms with Crippen LogP contribution in [0.5, 0.6) is 0 Å². The maximum Gasteiger partial charge on any atom is 0.416 e. The first-order valence-corrected chi connectivity index (χ1v) is 8.62. The van der Waals surface area contributed by atoms with Gasteiger partial charge in [-0.1, -0.05) is 35.9 Å². The van der Waals surface area contributed by atoms with E-state index in [9.17, 15) is 13.2 Å². The molecule has 0 saturated carbocycles. The molecule has 0 aliphatic heterocycles. The molecular formula is C18H14ClF3N4S. The first-order chi connectivity index (χ1) is 12.8. The minimum absolute atomic E-state index is 0.136. The summed E-state index contributed by atoms with van der Waals surface area (Å²) in [5.74, 6) is 0.464. The van der Waals surface area contributed by atoms with Gasteiger partial charge in [-0.15, -0.1) is 0 Å². The van der Waals surface area contributed by atoms with Gasteiger partial charge in [-0.05, 0) is 42.0 Å². The fourth-order valence-electron chi connectivity index (χ4n) is 2.37. The number of aromatic nitrogens is 2. The zero-order chi connectivity index (χ0) is 19.4. The minimum atomic E-state index is -4.41. The standard InChI is InChI=1S/C18H14ClF3N4S/c19-15-7-2-1-4-12(15)11-26-9-8-16(25-26)24-17(27)23-14-6-3-5-13(10-14)18(20,21)22/h1-10H,11H2,(H2,23,24,25,27). The van der Waals surface area contributed by atoms with Crippen LogP contribution in [0.3, 0.4) is 0 Å². The van der Waals surface area contributed by atoms with Crippen molar-refractivity contribution in [2.45, 2.75) is 12.7 Å². The summed E-state index contributed by atoms with van der Waals surface area (Å²) in [7, 11) is 0. The summed E-state index contributed by atoms with van der Waals surface area (Å²) in [6.07, 6.45) is -2.66. The lowest BCUT2D eigenvalue weighted by Crippen LogP contribution is -2.20. The fourth-order valence-corrected chi connectivity index (χ4v) is 2.79. The second-order valence-corrected chi connectivity index (χ2v) is 6.46. The number of hydrogen-bond donors (Lipinski definition) is 2. The summed E-state index contributed by atoms with van der Waals surface area (Å²) in [5, 5.41) is 10.7. The molecule has 0 unspecified atom stereocenters. The lowest BCUT2D eigenvalue weighted by atomic mass is 10.2. The van der Waals surface area contributed by atoms with Gasteiger partial charge in [-0.2, -0.15) is 18.3 Å². The second-order valence-electron chi connectivity index (χ2n) is 5.65. The molecule has 0 saturated heterocycles. The highest BCUT2D eigenvalue weighted by Crippen LogP contribution is 2.30. The number of benzene rings is 2. The van der Waals surface area contributed by atoms with Crippen molar-refractivity contribution in [1.82, 2.24) is 9.78 Å². The summed E-state index contributed by atoms with van der Waals surface area (Å²) < 4.78 is 40.0. The number of halogens is 4. The molecule has 1 aromatic heterocycles. The Labute approximate surface area is 164 Å². The van der Waals surface area contributed by atoms with Gasteiger partial charge in [0.05, 0.1) is 12.1 Å². The highest BCUT2D eigenvalue weighted by molar-refractivity contribution is 7.80. The van der Waals surface area contributed by atoms with Gasteiger partial charge in [0.1, 0.15) is 0 Å². The van der Waals surface area contributed by atoms with Gasteiger partial charge in [0.15, 0.2) is 10.9 Å². The molecule has 0 aliphatic rings. The van der Waals surface area contributed by atoms with Gasteiger partial charge < -0.3 is 10.6 Å². The van der Waals surface area contributed by atoms with Gasteiger partial charge in [0.2, 0.25) is 0 Å².